The van der Waals surface area contributed by atoms with Crippen LogP contribution >= 0.6 is 22.7 Å². The summed E-state index contributed by atoms with van der Waals surface area (Å²) in [5.41, 5.74) is 14.0. The number of hydrogen-bond donors (Lipinski definition) is 0. The Balaban J connectivity index is 1.07. The van der Waals surface area contributed by atoms with E-state index in [-0.39, 0.29) is 0 Å². The Morgan fingerprint density at radius 3 is 1.60 bits per heavy atom. The van der Waals surface area contributed by atoms with E-state index in [0.717, 1.165) is 83.6 Å². The zero-order valence-electron chi connectivity index (χ0n) is 36.9. The molecule has 0 N–H and O–H groups in total. The van der Waals surface area contributed by atoms with Crippen molar-refractivity contribution < 1.29 is 4.42 Å². The Labute approximate surface area is 401 Å². The molecule has 0 saturated carbocycles. The zero-order chi connectivity index (χ0) is 45.1. The minimum atomic E-state index is 0.774. The van der Waals surface area contributed by atoms with Crippen molar-refractivity contribution in [2.45, 2.75) is 6.42 Å². The summed E-state index contributed by atoms with van der Waals surface area (Å²) >= 11 is 3.68. The first kappa shape index (κ1) is 40.0. The quantitative estimate of drug-likeness (QED) is 0.152. The topological polar surface area (TPSA) is 29.5 Å². The molecule has 0 radical (unpaired) electrons. The first-order chi connectivity index (χ1) is 33.6. The number of anilines is 5. The molecule has 0 unspecified atom stereocenters. The molecule has 5 aromatic heterocycles. The molecule has 0 amide bonds. The highest BCUT2D eigenvalue weighted by atomic mass is 32.1. The molecular formula is C61H42N4OS2. The summed E-state index contributed by atoms with van der Waals surface area (Å²) in [4.78, 5) is 4.78. The Hall–Kier alpha value is -8.36. The Morgan fingerprint density at radius 1 is 0.441 bits per heavy atom. The number of rotatable bonds is 8. The van der Waals surface area contributed by atoms with Gasteiger partial charge in [0.25, 0.3) is 0 Å². The van der Waals surface area contributed by atoms with Gasteiger partial charge in [-0.1, -0.05) is 134 Å². The third-order valence-electron chi connectivity index (χ3n) is 12.8. The molecule has 0 bridgehead atoms. The summed E-state index contributed by atoms with van der Waals surface area (Å²) < 4.78 is 13.7. The van der Waals surface area contributed by atoms with E-state index >= 15 is 0 Å². The van der Waals surface area contributed by atoms with Gasteiger partial charge in [-0.2, -0.15) is 0 Å². The minimum Gasteiger partial charge on any atom is -0.456 e. The number of nitrogens with zero attached hydrogens (tertiary/aromatic N) is 4. The van der Waals surface area contributed by atoms with Crippen LogP contribution in [0.15, 0.2) is 253 Å². The predicted octanol–water partition coefficient (Wildman–Crippen LogP) is 18.0. The van der Waals surface area contributed by atoms with Gasteiger partial charge in [-0.3, -0.25) is 0 Å². The normalized spacial score (nSPS) is 14.9. The van der Waals surface area contributed by atoms with E-state index in [4.69, 9.17) is 4.42 Å². The molecule has 5 nitrogen and oxygen atoms in total. The van der Waals surface area contributed by atoms with E-state index in [9.17, 15) is 0 Å². The Kier molecular flexibility index (Phi) is 9.70. The summed E-state index contributed by atoms with van der Waals surface area (Å²) in [5, 5.41) is 6.88. The molecule has 0 aliphatic heterocycles. The van der Waals surface area contributed by atoms with Gasteiger partial charge in [0.2, 0.25) is 0 Å². The largest absolute Gasteiger partial charge is 0.456 e. The maximum Gasteiger partial charge on any atom is 0.135 e. The van der Waals surface area contributed by atoms with Crippen LogP contribution in [-0.2, 0) is 0 Å². The monoisotopic (exact) mass is 910 g/mol. The second kappa shape index (κ2) is 16.5. The molecule has 0 spiro atoms. The molecule has 68 heavy (non-hydrogen) atoms. The fourth-order valence-electron chi connectivity index (χ4n) is 9.78. The van der Waals surface area contributed by atoms with Crippen LogP contribution in [0.5, 0.6) is 0 Å². The Morgan fingerprint density at radius 2 is 0.985 bits per heavy atom. The van der Waals surface area contributed by atoms with Crippen LogP contribution in [0, 0.1) is 0 Å². The van der Waals surface area contributed by atoms with Crippen molar-refractivity contribution in [3.8, 4) is 11.4 Å². The molecule has 5 heterocycles. The van der Waals surface area contributed by atoms with E-state index in [2.05, 4.69) is 244 Å². The van der Waals surface area contributed by atoms with Gasteiger partial charge in [-0.05, 0) is 115 Å². The van der Waals surface area contributed by atoms with Gasteiger partial charge in [-0.25, -0.2) is 0 Å². The summed E-state index contributed by atoms with van der Waals surface area (Å²) in [6.07, 6.45) is 15.8. The van der Waals surface area contributed by atoms with E-state index in [1.54, 1.807) is 0 Å². The minimum absolute atomic E-state index is 0.774. The number of allylic oxidation sites excluding steroid dienone is 8. The lowest BCUT2D eigenvalue weighted by Crippen LogP contribution is -2.14. The molecule has 324 valence electrons. The van der Waals surface area contributed by atoms with Crippen LogP contribution in [-0.4, -0.2) is 9.13 Å². The lowest BCUT2D eigenvalue weighted by atomic mass is 10.1. The van der Waals surface area contributed by atoms with E-state index in [0.29, 0.717) is 0 Å². The van der Waals surface area contributed by atoms with E-state index in [1.165, 1.54) is 36.7 Å². The summed E-state index contributed by atoms with van der Waals surface area (Å²) in [6.45, 7) is 4.34. The molecule has 12 aromatic rings. The first-order valence-electron chi connectivity index (χ1n) is 22.8. The van der Waals surface area contributed by atoms with Crippen molar-refractivity contribution in [1.82, 2.24) is 9.13 Å². The van der Waals surface area contributed by atoms with Gasteiger partial charge in [0.05, 0.1) is 31.5 Å². The SMILES string of the molecule is C=C1C=C/C(N(c2ccc3oc4ccccc4c3c2)c2cc3c(s2)c2cc4c(cc2n3-c2ccccc2)c2sc(N(c3ccccc3)c3ccccc3)cc2n4-c2ccccc2)=C\C/C=C\C=C/1. The van der Waals surface area contributed by atoms with Gasteiger partial charge in [0.1, 0.15) is 21.2 Å². The molecule has 1 aliphatic rings. The smallest absolute Gasteiger partial charge is 0.135 e. The maximum atomic E-state index is 6.34. The average Bonchev–Trinajstić information content (AvgIpc) is 4.21. The van der Waals surface area contributed by atoms with Crippen LogP contribution in [0.4, 0.5) is 27.1 Å². The molecule has 0 atom stereocenters. The van der Waals surface area contributed by atoms with Crippen molar-refractivity contribution >= 4 is 114 Å². The third-order valence-corrected chi connectivity index (χ3v) is 15.1. The second-order valence-corrected chi connectivity index (χ2v) is 19.1. The van der Waals surface area contributed by atoms with Crippen LogP contribution in [0.25, 0.3) is 75.6 Å². The van der Waals surface area contributed by atoms with Gasteiger partial charge < -0.3 is 23.4 Å². The number of para-hydroxylation sites is 5. The van der Waals surface area contributed by atoms with Crippen LogP contribution in [0.3, 0.4) is 0 Å². The lowest BCUT2D eigenvalue weighted by Gasteiger charge is -2.25. The zero-order valence-corrected chi connectivity index (χ0v) is 38.5. The van der Waals surface area contributed by atoms with Crippen molar-refractivity contribution in [3.05, 3.63) is 248 Å². The average molecular weight is 911 g/mol. The van der Waals surface area contributed by atoms with Crippen LogP contribution < -0.4 is 9.80 Å². The second-order valence-electron chi connectivity index (χ2n) is 17.0. The Bertz CT molecular complexity index is 3970. The van der Waals surface area contributed by atoms with Gasteiger partial charge >= 0.3 is 0 Å². The van der Waals surface area contributed by atoms with Crippen molar-refractivity contribution in [1.29, 1.82) is 0 Å². The number of fused-ring (bicyclic) bond motifs is 9. The number of benzene rings is 7. The molecule has 0 fully saturated rings. The van der Waals surface area contributed by atoms with Crippen LogP contribution in [0.1, 0.15) is 6.42 Å². The highest BCUT2D eigenvalue weighted by Gasteiger charge is 2.26. The highest BCUT2D eigenvalue weighted by Crippen LogP contribution is 2.50. The van der Waals surface area contributed by atoms with Gasteiger partial charge in [0.15, 0.2) is 0 Å². The van der Waals surface area contributed by atoms with Crippen molar-refractivity contribution in [3.63, 3.8) is 0 Å². The number of thiophene rings is 2. The number of aromatic nitrogens is 2. The molecular weight excluding hydrogens is 869 g/mol. The van der Waals surface area contributed by atoms with Crippen molar-refractivity contribution in [2.75, 3.05) is 9.80 Å². The van der Waals surface area contributed by atoms with E-state index in [1.807, 2.05) is 34.8 Å². The molecule has 1 aliphatic carbocycles. The maximum absolute atomic E-state index is 6.34. The molecule has 13 rings (SSSR count). The summed E-state index contributed by atoms with van der Waals surface area (Å²) in [6, 6.07) is 67.5. The molecule has 7 aromatic carbocycles. The number of hydrogen-bond acceptors (Lipinski definition) is 5. The first-order valence-corrected chi connectivity index (χ1v) is 24.5. The van der Waals surface area contributed by atoms with Crippen molar-refractivity contribution in [2.24, 2.45) is 0 Å². The third kappa shape index (κ3) is 6.74. The van der Waals surface area contributed by atoms with Gasteiger partial charge in [0, 0.05) is 55.7 Å². The molecule has 7 heteroatoms. The fraction of sp³-hybridized carbons (Fsp3) is 0.0164. The highest BCUT2D eigenvalue weighted by molar-refractivity contribution is 7.24. The summed E-state index contributed by atoms with van der Waals surface area (Å²) in [5.74, 6) is 0. The van der Waals surface area contributed by atoms with E-state index < -0.39 is 0 Å². The molecule has 0 saturated heterocycles. The fourth-order valence-corrected chi connectivity index (χ4v) is 12.2. The summed E-state index contributed by atoms with van der Waals surface area (Å²) in [7, 11) is 0. The van der Waals surface area contributed by atoms with Gasteiger partial charge in [-0.15, -0.1) is 22.7 Å². The number of furan rings is 1. The predicted molar refractivity (Wildman–Crippen MR) is 291 cm³/mol. The lowest BCUT2D eigenvalue weighted by molar-refractivity contribution is 0.669. The standard InChI is InChI=1S/C61H42N4OS2/c1-41-20-8-2-3-9-29-46(33-32-41)63(47-34-35-57-49(36-47)48-30-18-19-31-56(48)66-57)59-40-55-61(68-59)51-38-52-50(37-53(51)65(55)45-27-16-7-17-28-45)60-54(64(52)44-25-14-6-15-26-44)39-58(67-60)62(42-21-10-4-11-22-42)43-23-12-5-13-24-43/h2-8,10-40H,1,9H2/b3-2-,20-8-,33-32?,46-29+. The van der Waals surface area contributed by atoms with Crippen LogP contribution in [0.2, 0.25) is 0 Å².